The average Bonchev–Trinajstić information content (AvgIpc) is 3.17. The first-order chi connectivity index (χ1) is 12.8. The van der Waals surface area contributed by atoms with Gasteiger partial charge >= 0.3 is 0 Å². The van der Waals surface area contributed by atoms with E-state index in [0.29, 0.717) is 11.7 Å². The van der Waals surface area contributed by atoms with Gasteiger partial charge in [0.25, 0.3) is 5.89 Å². The molecule has 0 amide bonds. The number of hydrogen-bond donors (Lipinski definition) is 0. The van der Waals surface area contributed by atoms with E-state index < -0.39 is 0 Å². The van der Waals surface area contributed by atoms with Crippen molar-refractivity contribution in [3.05, 3.63) is 95.6 Å². The minimum atomic E-state index is 0.574. The molecular weight excluding hydrogens is 320 g/mol. The van der Waals surface area contributed by atoms with Crippen LogP contribution in [0, 0.1) is 6.92 Å². The number of nitrogens with zero attached hydrogens (tertiary/aromatic N) is 2. The standard InChI is InChI=1S/C23H20N2O/c1-17-8-7-12-20(16-17)22-24-23(26-25-22)21-13-6-5-11-19(21)15-14-18-9-3-2-4-10-18/h2-13,16H,14-15H2,1H3. The lowest BCUT2D eigenvalue weighted by Crippen LogP contribution is -1.94. The van der Waals surface area contributed by atoms with Crippen LogP contribution in [0.2, 0.25) is 0 Å². The van der Waals surface area contributed by atoms with Crippen LogP contribution in [-0.2, 0) is 12.8 Å². The smallest absolute Gasteiger partial charge is 0.258 e. The zero-order chi connectivity index (χ0) is 17.8. The first-order valence-corrected chi connectivity index (χ1v) is 8.82. The largest absolute Gasteiger partial charge is 0.334 e. The summed E-state index contributed by atoms with van der Waals surface area (Å²) in [7, 11) is 0. The molecule has 4 rings (SSSR count). The SMILES string of the molecule is Cc1cccc(-c2noc(-c3ccccc3CCc3ccccc3)n2)c1. The van der Waals surface area contributed by atoms with Gasteiger partial charge in [-0.25, -0.2) is 0 Å². The zero-order valence-corrected chi connectivity index (χ0v) is 14.7. The molecule has 1 heterocycles. The van der Waals surface area contributed by atoms with Crippen molar-refractivity contribution >= 4 is 0 Å². The van der Waals surface area contributed by atoms with Crippen LogP contribution in [0.4, 0.5) is 0 Å². The molecule has 0 saturated heterocycles. The highest BCUT2D eigenvalue weighted by Crippen LogP contribution is 2.26. The molecule has 0 fully saturated rings. The molecular formula is C23H20N2O. The van der Waals surface area contributed by atoms with E-state index in [4.69, 9.17) is 4.52 Å². The van der Waals surface area contributed by atoms with Crippen molar-refractivity contribution in [2.24, 2.45) is 0 Å². The van der Waals surface area contributed by atoms with Crippen molar-refractivity contribution in [2.75, 3.05) is 0 Å². The van der Waals surface area contributed by atoms with Gasteiger partial charge < -0.3 is 4.52 Å². The maximum Gasteiger partial charge on any atom is 0.258 e. The van der Waals surface area contributed by atoms with Gasteiger partial charge in [-0.15, -0.1) is 0 Å². The Bertz CT molecular complexity index is 1010. The molecule has 3 heteroatoms. The molecule has 0 saturated carbocycles. The Balaban J connectivity index is 1.60. The fraction of sp³-hybridized carbons (Fsp3) is 0.130. The Morgan fingerprint density at radius 1 is 0.808 bits per heavy atom. The summed E-state index contributed by atoms with van der Waals surface area (Å²) in [4.78, 5) is 4.63. The summed E-state index contributed by atoms with van der Waals surface area (Å²) < 4.78 is 5.58. The maximum atomic E-state index is 5.58. The third-order valence-electron chi connectivity index (χ3n) is 4.48. The summed E-state index contributed by atoms with van der Waals surface area (Å²) in [5.41, 5.74) is 5.71. The van der Waals surface area contributed by atoms with Crippen LogP contribution in [0.3, 0.4) is 0 Å². The molecule has 0 bridgehead atoms. The molecule has 0 unspecified atom stereocenters. The number of rotatable bonds is 5. The highest BCUT2D eigenvalue weighted by Gasteiger charge is 2.14. The van der Waals surface area contributed by atoms with Crippen LogP contribution in [0.25, 0.3) is 22.8 Å². The van der Waals surface area contributed by atoms with Gasteiger partial charge in [0, 0.05) is 11.1 Å². The summed E-state index contributed by atoms with van der Waals surface area (Å²) in [5.74, 6) is 1.20. The molecule has 0 atom stereocenters. The van der Waals surface area contributed by atoms with E-state index in [-0.39, 0.29) is 0 Å². The van der Waals surface area contributed by atoms with Crippen molar-refractivity contribution in [3.63, 3.8) is 0 Å². The lowest BCUT2D eigenvalue weighted by Gasteiger charge is -2.06. The van der Waals surface area contributed by atoms with Crippen LogP contribution in [-0.4, -0.2) is 10.1 Å². The minimum Gasteiger partial charge on any atom is -0.334 e. The summed E-state index contributed by atoms with van der Waals surface area (Å²) in [6.07, 6.45) is 1.92. The highest BCUT2D eigenvalue weighted by molar-refractivity contribution is 5.63. The van der Waals surface area contributed by atoms with Crippen molar-refractivity contribution in [3.8, 4) is 22.8 Å². The van der Waals surface area contributed by atoms with Gasteiger partial charge in [-0.2, -0.15) is 4.98 Å². The second kappa shape index (κ2) is 7.36. The summed E-state index contributed by atoms with van der Waals surface area (Å²) >= 11 is 0. The van der Waals surface area contributed by atoms with Gasteiger partial charge in [0.15, 0.2) is 0 Å². The summed E-state index contributed by atoms with van der Waals surface area (Å²) in [6.45, 7) is 2.06. The fourth-order valence-corrected chi connectivity index (χ4v) is 3.10. The van der Waals surface area contributed by atoms with Crippen molar-refractivity contribution in [1.82, 2.24) is 10.1 Å². The van der Waals surface area contributed by atoms with Crippen LogP contribution < -0.4 is 0 Å². The Labute approximate surface area is 153 Å². The summed E-state index contributed by atoms with van der Waals surface area (Å²) in [5, 5.41) is 4.18. The molecule has 128 valence electrons. The Morgan fingerprint density at radius 3 is 2.46 bits per heavy atom. The topological polar surface area (TPSA) is 38.9 Å². The van der Waals surface area contributed by atoms with E-state index in [2.05, 4.69) is 65.6 Å². The molecule has 0 spiro atoms. The van der Waals surface area contributed by atoms with Gasteiger partial charge in [0.1, 0.15) is 0 Å². The molecule has 0 aliphatic carbocycles. The third kappa shape index (κ3) is 3.57. The molecule has 3 nitrogen and oxygen atoms in total. The van der Waals surface area contributed by atoms with Crippen LogP contribution in [0.15, 0.2) is 83.4 Å². The van der Waals surface area contributed by atoms with Gasteiger partial charge in [-0.05, 0) is 43.0 Å². The fourth-order valence-electron chi connectivity index (χ4n) is 3.10. The quantitative estimate of drug-likeness (QED) is 0.482. The predicted octanol–water partition coefficient (Wildman–Crippen LogP) is 5.50. The van der Waals surface area contributed by atoms with Gasteiger partial charge in [-0.1, -0.05) is 77.5 Å². The Hall–Kier alpha value is -3.20. The van der Waals surface area contributed by atoms with E-state index in [1.165, 1.54) is 16.7 Å². The van der Waals surface area contributed by atoms with E-state index in [9.17, 15) is 0 Å². The van der Waals surface area contributed by atoms with Crippen molar-refractivity contribution in [2.45, 2.75) is 19.8 Å². The molecule has 26 heavy (non-hydrogen) atoms. The molecule has 4 aromatic rings. The molecule has 0 aliphatic heterocycles. The molecule has 0 N–H and O–H groups in total. The minimum absolute atomic E-state index is 0.574. The van der Waals surface area contributed by atoms with Gasteiger partial charge in [0.05, 0.1) is 0 Å². The van der Waals surface area contributed by atoms with Crippen LogP contribution in [0.1, 0.15) is 16.7 Å². The first-order valence-electron chi connectivity index (χ1n) is 8.82. The van der Waals surface area contributed by atoms with Gasteiger partial charge in [0.2, 0.25) is 5.82 Å². The van der Waals surface area contributed by atoms with E-state index >= 15 is 0 Å². The molecule has 0 radical (unpaired) electrons. The van der Waals surface area contributed by atoms with E-state index in [0.717, 1.165) is 24.0 Å². The monoisotopic (exact) mass is 340 g/mol. The Morgan fingerprint density at radius 2 is 1.62 bits per heavy atom. The van der Waals surface area contributed by atoms with E-state index in [1.54, 1.807) is 0 Å². The number of aryl methyl sites for hydroxylation is 3. The van der Waals surface area contributed by atoms with Crippen LogP contribution >= 0.6 is 0 Å². The number of benzene rings is 3. The normalized spacial score (nSPS) is 10.8. The van der Waals surface area contributed by atoms with Gasteiger partial charge in [-0.3, -0.25) is 0 Å². The molecule has 0 aliphatic rings. The van der Waals surface area contributed by atoms with E-state index in [1.807, 2.05) is 30.3 Å². The highest BCUT2D eigenvalue weighted by atomic mass is 16.5. The van der Waals surface area contributed by atoms with Crippen molar-refractivity contribution < 1.29 is 4.52 Å². The second-order valence-corrected chi connectivity index (χ2v) is 6.44. The predicted molar refractivity (Wildman–Crippen MR) is 104 cm³/mol. The van der Waals surface area contributed by atoms with Crippen molar-refractivity contribution in [1.29, 1.82) is 0 Å². The Kier molecular flexibility index (Phi) is 4.61. The number of hydrogen-bond acceptors (Lipinski definition) is 3. The number of aromatic nitrogens is 2. The third-order valence-corrected chi connectivity index (χ3v) is 4.48. The molecule has 1 aromatic heterocycles. The zero-order valence-electron chi connectivity index (χ0n) is 14.7. The van der Waals surface area contributed by atoms with Crippen LogP contribution in [0.5, 0.6) is 0 Å². The lowest BCUT2D eigenvalue weighted by atomic mass is 10.00. The lowest BCUT2D eigenvalue weighted by molar-refractivity contribution is 0.432. The average molecular weight is 340 g/mol. The first kappa shape index (κ1) is 16.3. The molecule has 3 aromatic carbocycles. The second-order valence-electron chi connectivity index (χ2n) is 6.44. The maximum absolute atomic E-state index is 5.58. The summed E-state index contributed by atoms with van der Waals surface area (Å²) in [6, 6.07) is 26.9.